The molecule has 1 aromatic carbocycles. The zero-order valence-electron chi connectivity index (χ0n) is 16.7. The molecule has 4 nitrogen and oxygen atoms in total. The minimum Gasteiger partial charge on any atom is -0.480 e. The first-order chi connectivity index (χ1) is 12.9. The summed E-state index contributed by atoms with van der Waals surface area (Å²) in [5, 5.41) is 18.2. The quantitative estimate of drug-likeness (QED) is 0.251. The van der Waals surface area contributed by atoms with Gasteiger partial charge in [-0.2, -0.15) is 0 Å². The lowest BCUT2D eigenvalue weighted by Gasteiger charge is -2.16. The molecule has 0 aliphatic carbocycles. The Morgan fingerprint density at radius 1 is 0.852 bits per heavy atom. The van der Waals surface area contributed by atoms with Crippen LogP contribution in [0.5, 0.6) is 0 Å². The minimum atomic E-state index is -1.77. The summed E-state index contributed by atoms with van der Waals surface area (Å²) in [5.74, 6) is -2.62. The first-order valence-corrected chi connectivity index (χ1v) is 10.1. The van der Waals surface area contributed by atoms with Crippen LogP contribution in [0.1, 0.15) is 76.3 Å². The molecule has 0 saturated heterocycles. The maximum absolute atomic E-state index is 11.1. The van der Waals surface area contributed by atoms with Gasteiger partial charge in [0, 0.05) is 0 Å². The largest absolute Gasteiger partial charge is 0.480 e. The lowest BCUT2D eigenvalue weighted by Crippen LogP contribution is -2.35. The van der Waals surface area contributed by atoms with Gasteiger partial charge in [-0.1, -0.05) is 81.9 Å². The van der Waals surface area contributed by atoms with Crippen molar-refractivity contribution in [3.05, 3.63) is 47.5 Å². The lowest BCUT2D eigenvalue weighted by molar-refractivity contribution is -0.162. The number of carbonyl (C=O) groups is 2. The van der Waals surface area contributed by atoms with Gasteiger partial charge < -0.3 is 10.2 Å². The molecule has 0 spiro atoms. The molecule has 0 unspecified atom stereocenters. The van der Waals surface area contributed by atoms with Crippen LogP contribution in [0, 0.1) is 5.41 Å². The van der Waals surface area contributed by atoms with Gasteiger partial charge in [-0.15, -0.1) is 0 Å². The van der Waals surface area contributed by atoms with Gasteiger partial charge >= 0.3 is 11.9 Å². The number of unbranched alkanes of at least 4 members (excludes halogenated alkanes) is 6. The molecule has 0 radical (unpaired) electrons. The van der Waals surface area contributed by atoms with Crippen LogP contribution >= 0.6 is 0 Å². The molecule has 2 N–H and O–H groups in total. The number of hydrogen-bond donors (Lipinski definition) is 2. The first kappa shape index (κ1) is 22.9. The van der Waals surface area contributed by atoms with Crippen LogP contribution in [0.4, 0.5) is 0 Å². The van der Waals surface area contributed by atoms with Crippen LogP contribution in [-0.4, -0.2) is 22.2 Å². The fraction of sp³-hybridized carbons (Fsp3) is 0.565. The summed E-state index contributed by atoms with van der Waals surface area (Å²) in [6, 6.07) is 8.49. The summed E-state index contributed by atoms with van der Waals surface area (Å²) in [4.78, 5) is 22.2. The molecule has 0 aromatic heterocycles. The van der Waals surface area contributed by atoms with Crippen molar-refractivity contribution in [3.8, 4) is 0 Å². The predicted molar refractivity (Wildman–Crippen MR) is 109 cm³/mol. The van der Waals surface area contributed by atoms with Crippen molar-refractivity contribution in [1.29, 1.82) is 0 Å². The fourth-order valence-corrected chi connectivity index (χ4v) is 2.93. The molecular formula is C23H34O4. The normalized spacial score (nSPS) is 11.8. The Bertz CT molecular complexity index is 587. The molecule has 0 amide bonds. The van der Waals surface area contributed by atoms with E-state index in [1.807, 2.05) is 6.08 Å². The maximum atomic E-state index is 11.1. The number of allylic oxidation sites excluding steroid dienone is 2. The van der Waals surface area contributed by atoms with Gasteiger partial charge in [-0.25, -0.2) is 0 Å². The van der Waals surface area contributed by atoms with E-state index in [0.717, 1.165) is 12.0 Å². The highest BCUT2D eigenvalue weighted by Gasteiger charge is 2.40. The molecule has 0 fully saturated rings. The van der Waals surface area contributed by atoms with Gasteiger partial charge in [0.15, 0.2) is 5.41 Å². The Labute approximate surface area is 163 Å². The van der Waals surface area contributed by atoms with Crippen molar-refractivity contribution in [3.63, 3.8) is 0 Å². The molecule has 1 rings (SSSR count). The van der Waals surface area contributed by atoms with Gasteiger partial charge in [0.2, 0.25) is 0 Å². The molecule has 0 heterocycles. The number of aliphatic carboxylic acids is 2. The third kappa shape index (κ3) is 8.42. The van der Waals surface area contributed by atoms with Gasteiger partial charge in [-0.05, 0) is 43.7 Å². The molecule has 27 heavy (non-hydrogen) atoms. The smallest absolute Gasteiger partial charge is 0.321 e. The lowest BCUT2D eigenvalue weighted by atomic mass is 9.87. The third-order valence-electron chi connectivity index (χ3n) is 5.08. The summed E-state index contributed by atoms with van der Waals surface area (Å²) in [5.41, 5.74) is 0.721. The molecule has 0 saturated carbocycles. The Morgan fingerprint density at radius 3 is 1.93 bits per heavy atom. The van der Waals surface area contributed by atoms with Crippen molar-refractivity contribution in [2.24, 2.45) is 5.41 Å². The molecule has 0 atom stereocenters. The van der Waals surface area contributed by atoms with E-state index in [9.17, 15) is 9.59 Å². The average molecular weight is 375 g/mol. The topological polar surface area (TPSA) is 74.6 Å². The zero-order chi connectivity index (χ0) is 20.1. The second kappa shape index (κ2) is 12.3. The SMILES string of the molecule is CCCCCCCCCc1ccc(C/C=C/CC(C)(C(=O)O)C(=O)O)cc1. The summed E-state index contributed by atoms with van der Waals surface area (Å²) in [7, 11) is 0. The highest BCUT2D eigenvalue weighted by molar-refractivity contribution is 5.97. The van der Waals surface area contributed by atoms with Crippen LogP contribution in [0.3, 0.4) is 0 Å². The van der Waals surface area contributed by atoms with Crippen molar-refractivity contribution < 1.29 is 19.8 Å². The summed E-state index contributed by atoms with van der Waals surface area (Å²) < 4.78 is 0. The van der Waals surface area contributed by atoms with Crippen molar-refractivity contribution in [1.82, 2.24) is 0 Å². The van der Waals surface area contributed by atoms with E-state index in [0.29, 0.717) is 6.42 Å². The van der Waals surface area contributed by atoms with Crippen molar-refractivity contribution >= 4 is 11.9 Å². The Kier molecular flexibility index (Phi) is 10.5. The third-order valence-corrected chi connectivity index (χ3v) is 5.08. The second-order valence-corrected chi connectivity index (χ2v) is 7.51. The van der Waals surface area contributed by atoms with Gasteiger partial charge in [0.05, 0.1) is 0 Å². The van der Waals surface area contributed by atoms with Crippen LogP contribution in [0.2, 0.25) is 0 Å². The van der Waals surface area contributed by atoms with Gasteiger partial charge in [0.1, 0.15) is 0 Å². The fourth-order valence-electron chi connectivity index (χ4n) is 2.93. The number of hydrogen-bond acceptors (Lipinski definition) is 2. The van der Waals surface area contributed by atoms with E-state index in [-0.39, 0.29) is 6.42 Å². The van der Waals surface area contributed by atoms with Gasteiger partial charge in [-0.3, -0.25) is 9.59 Å². The zero-order valence-corrected chi connectivity index (χ0v) is 16.7. The van der Waals surface area contributed by atoms with E-state index in [2.05, 4.69) is 31.2 Å². The number of rotatable bonds is 14. The molecular weight excluding hydrogens is 340 g/mol. The predicted octanol–water partition coefficient (Wildman–Crippen LogP) is 5.64. The highest BCUT2D eigenvalue weighted by Crippen LogP contribution is 2.23. The summed E-state index contributed by atoms with van der Waals surface area (Å²) in [6.45, 7) is 3.48. The summed E-state index contributed by atoms with van der Waals surface area (Å²) in [6.07, 6.45) is 14.5. The van der Waals surface area contributed by atoms with E-state index in [4.69, 9.17) is 10.2 Å². The first-order valence-electron chi connectivity index (χ1n) is 10.1. The van der Waals surface area contributed by atoms with E-state index in [1.54, 1.807) is 6.08 Å². The average Bonchev–Trinajstić information content (AvgIpc) is 2.65. The second-order valence-electron chi connectivity index (χ2n) is 7.51. The number of carboxylic acids is 2. The van der Waals surface area contributed by atoms with Gasteiger partial charge in [0.25, 0.3) is 0 Å². The van der Waals surface area contributed by atoms with E-state index < -0.39 is 17.4 Å². The summed E-state index contributed by atoms with van der Waals surface area (Å²) >= 11 is 0. The van der Waals surface area contributed by atoms with E-state index >= 15 is 0 Å². The van der Waals surface area contributed by atoms with Crippen LogP contribution in [0.25, 0.3) is 0 Å². The molecule has 0 bridgehead atoms. The van der Waals surface area contributed by atoms with Crippen molar-refractivity contribution in [2.75, 3.05) is 0 Å². The monoisotopic (exact) mass is 374 g/mol. The highest BCUT2D eigenvalue weighted by atomic mass is 16.4. The Balaban J connectivity index is 2.33. The molecule has 1 aromatic rings. The van der Waals surface area contributed by atoms with E-state index in [1.165, 1.54) is 57.4 Å². The van der Waals surface area contributed by atoms with Crippen LogP contribution in [-0.2, 0) is 22.4 Å². The number of carboxylic acid groups (broad SMARTS) is 2. The molecule has 0 aliphatic rings. The van der Waals surface area contributed by atoms with Crippen LogP contribution in [0.15, 0.2) is 36.4 Å². The molecule has 4 heteroatoms. The maximum Gasteiger partial charge on any atom is 0.321 e. The van der Waals surface area contributed by atoms with Crippen LogP contribution < -0.4 is 0 Å². The Hall–Kier alpha value is -2.10. The Morgan fingerprint density at radius 2 is 1.37 bits per heavy atom. The standard InChI is InChI=1S/C23H34O4/c1-3-4-5-6-7-8-9-12-19-14-16-20(17-15-19)13-10-11-18-23(2,21(24)25)22(26)27/h10-11,14-17H,3-9,12-13,18H2,1-2H3,(H,24,25)(H,26,27)/b11-10+. The molecule has 150 valence electrons. The number of aryl methyl sites for hydroxylation is 1. The minimum absolute atomic E-state index is 0.0198. The number of benzene rings is 1. The molecule has 0 aliphatic heterocycles. The van der Waals surface area contributed by atoms with Crippen molar-refractivity contribution in [2.45, 2.75) is 78.1 Å².